The molecule has 4 rings (SSSR count). The molecule has 2 nitrogen and oxygen atoms in total. The average molecular weight is 501 g/mol. The molecule has 1 fully saturated rings. The number of unbranched alkanes of at least 4 members (excludes halogenated alkanes) is 1. The summed E-state index contributed by atoms with van der Waals surface area (Å²) in [6.07, 6.45) is 5.42. The summed E-state index contributed by atoms with van der Waals surface area (Å²) in [6.45, 7) is 4.51. The Morgan fingerprint density at radius 3 is 2.06 bits per heavy atom. The van der Waals surface area contributed by atoms with Crippen molar-refractivity contribution in [3.63, 3.8) is 0 Å². The largest absolute Gasteiger partial charge is 0.490 e. The maximum Gasteiger partial charge on any atom is 0.201 e. The van der Waals surface area contributed by atoms with E-state index in [0.29, 0.717) is 29.2 Å². The van der Waals surface area contributed by atoms with Crippen molar-refractivity contribution in [1.82, 2.24) is 0 Å². The lowest BCUT2D eigenvalue weighted by Crippen LogP contribution is -2.13. The van der Waals surface area contributed by atoms with Crippen LogP contribution in [0.5, 0.6) is 11.5 Å². The molecule has 1 aliphatic rings. The predicted octanol–water partition coefficient (Wildman–Crippen LogP) is 8.96. The molecule has 0 radical (unpaired) electrons. The Morgan fingerprint density at radius 2 is 1.36 bits per heavy atom. The molecule has 0 heterocycles. The van der Waals surface area contributed by atoms with Gasteiger partial charge in [-0.15, -0.1) is 0 Å². The third-order valence-electron chi connectivity index (χ3n) is 6.99. The second-order valence-electron chi connectivity index (χ2n) is 9.66. The number of hydrogen-bond acceptors (Lipinski definition) is 2. The summed E-state index contributed by atoms with van der Waals surface area (Å²) in [5.41, 5.74) is 1.71. The van der Waals surface area contributed by atoms with Crippen LogP contribution >= 0.6 is 0 Å². The lowest BCUT2D eigenvalue weighted by Gasteiger charge is -2.27. The molecule has 192 valence electrons. The van der Waals surface area contributed by atoms with Gasteiger partial charge in [0, 0.05) is 5.56 Å². The van der Waals surface area contributed by atoms with Gasteiger partial charge in [0.2, 0.25) is 11.6 Å². The van der Waals surface area contributed by atoms with Crippen molar-refractivity contribution in [1.29, 1.82) is 0 Å². The fourth-order valence-electron chi connectivity index (χ4n) is 4.68. The summed E-state index contributed by atoms with van der Waals surface area (Å²) in [5, 5.41) is 0. The monoisotopic (exact) mass is 500 g/mol. The zero-order valence-corrected chi connectivity index (χ0v) is 20.8. The molecule has 0 spiro atoms. The topological polar surface area (TPSA) is 18.5 Å². The van der Waals surface area contributed by atoms with Crippen molar-refractivity contribution in [3.8, 4) is 22.6 Å². The smallest absolute Gasteiger partial charge is 0.201 e. The number of rotatable bonds is 9. The Labute approximate surface area is 210 Å². The minimum atomic E-state index is -1.01. The molecule has 1 aliphatic carbocycles. The third kappa shape index (κ3) is 5.85. The minimum Gasteiger partial charge on any atom is -0.490 e. The molecule has 0 bridgehead atoms. The van der Waals surface area contributed by atoms with E-state index >= 15 is 0 Å². The van der Waals surface area contributed by atoms with Crippen LogP contribution in [0.15, 0.2) is 48.5 Å². The highest BCUT2D eigenvalue weighted by Crippen LogP contribution is 2.38. The van der Waals surface area contributed by atoms with Crippen LogP contribution in [0.4, 0.5) is 17.6 Å². The van der Waals surface area contributed by atoms with Gasteiger partial charge in [-0.25, -0.2) is 8.78 Å². The van der Waals surface area contributed by atoms with Gasteiger partial charge in [-0.05, 0) is 66.0 Å². The Kier molecular flexibility index (Phi) is 8.55. The molecule has 36 heavy (non-hydrogen) atoms. The Morgan fingerprint density at radius 1 is 0.722 bits per heavy atom. The molecule has 3 aromatic rings. The second kappa shape index (κ2) is 11.8. The maximum absolute atomic E-state index is 14.8. The number of ether oxygens (including phenoxy) is 2. The van der Waals surface area contributed by atoms with Gasteiger partial charge in [-0.3, -0.25) is 0 Å². The summed E-state index contributed by atoms with van der Waals surface area (Å²) >= 11 is 0. The van der Waals surface area contributed by atoms with Crippen molar-refractivity contribution in [2.45, 2.75) is 64.9 Å². The first-order chi connectivity index (χ1) is 17.4. The highest BCUT2D eigenvalue weighted by molar-refractivity contribution is 5.65. The minimum absolute atomic E-state index is 0.0119. The molecule has 1 saturated carbocycles. The van der Waals surface area contributed by atoms with Gasteiger partial charge in [0.25, 0.3) is 0 Å². The van der Waals surface area contributed by atoms with Crippen molar-refractivity contribution in [3.05, 3.63) is 82.9 Å². The van der Waals surface area contributed by atoms with Gasteiger partial charge in [-0.2, -0.15) is 8.78 Å². The van der Waals surface area contributed by atoms with Crippen LogP contribution in [-0.4, -0.2) is 6.61 Å². The SMILES string of the molecule is CCCCOc1ccc(-c2ccc(COc3ccc(C4CCC(C)CC4)c(F)c3F)cc2)c(F)c1F. The number of hydrogen-bond donors (Lipinski definition) is 0. The molecule has 0 N–H and O–H groups in total. The molecule has 0 unspecified atom stereocenters. The van der Waals surface area contributed by atoms with Crippen LogP contribution < -0.4 is 9.47 Å². The van der Waals surface area contributed by atoms with E-state index in [0.717, 1.165) is 38.5 Å². The van der Waals surface area contributed by atoms with Crippen molar-refractivity contribution in [2.75, 3.05) is 6.61 Å². The van der Waals surface area contributed by atoms with Crippen LogP contribution in [0.2, 0.25) is 0 Å². The quantitative estimate of drug-likeness (QED) is 0.216. The Balaban J connectivity index is 1.41. The lowest BCUT2D eigenvalue weighted by atomic mass is 9.79. The molecule has 6 heteroatoms. The second-order valence-corrected chi connectivity index (χ2v) is 9.66. The van der Waals surface area contributed by atoms with E-state index in [4.69, 9.17) is 9.47 Å². The zero-order chi connectivity index (χ0) is 25.7. The predicted molar refractivity (Wildman–Crippen MR) is 133 cm³/mol. The van der Waals surface area contributed by atoms with Gasteiger partial charge >= 0.3 is 0 Å². The van der Waals surface area contributed by atoms with Gasteiger partial charge < -0.3 is 9.47 Å². The lowest BCUT2D eigenvalue weighted by molar-refractivity contribution is 0.282. The van der Waals surface area contributed by atoms with Crippen LogP contribution in [0.3, 0.4) is 0 Å². The third-order valence-corrected chi connectivity index (χ3v) is 6.99. The average Bonchev–Trinajstić information content (AvgIpc) is 2.89. The molecule has 0 saturated heterocycles. The van der Waals surface area contributed by atoms with E-state index in [1.165, 1.54) is 18.2 Å². The normalized spacial score (nSPS) is 17.7. The van der Waals surface area contributed by atoms with Gasteiger partial charge in [-0.1, -0.05) is 63.4 Å². The van der Waals surface area contributed by atoms with Gasteiger partial charge in [0.05, 0.1) is 6.61 Å². The zero-order valence-electron chi connectivity index (χ0n) is 20.8. The van der Waals surface area contributed by atoms with E-state index in [1.807, 2.05) is 6.92 Å². The van der Waals surface area contributed by atoms with E-state index in [1.54, 1.807) is 30.3 Å². The van der Waals surface area contributed by atoms with Crippen LogP contribution in [0, 0.1) is 29.2 Å². The summed E-state index contributed by atoms with van der Waals surface area (Å²) in [6, 6.07) is 12.7. The van der Waals surface area contributed by atoms with E-state index in [-0.39, 0.29) is 29.6 Å². The number of benzene rings is 3. The fourth-order valence-corrected chi connectivity index (χ4v) is 4.68. The highest BCUT2D eigenvalue weighted by Gasteiger charge is 2.25. The highest BCUT2D eigenvalue weighted by atomic mass is 19.2. The van der Waals surface area contributed by atoms with Crippen LogP contribution in [0.25, 0.3) is 11.1 Å². The summed E-state index contributed by atoms with van der Waals surface area (Å²) < 4.78 is 69.4. The molecular formula is C30H32F4O2. The Bertz CT molecular complexity index is 1170. The first kappa shape index (κ1) is 26.1. The molecule has 0 aromatic heterocycles. The summed E-state index contributed by atoms with van der Waals surface area (Å²) in [4.78, 5) is 0. The maximum atomic E-state index is 14.8. The van der Waals surface area contributed by atoms with Gasteiger partial charge in [0.1, 0.15) is 6.61 Å². The number of halogens is 4. The molecule has 0 amide bonds. The van der Waals surface area contributed by atoms with Crippen LogP contribution in [-0.2, 0) is 6.61 Å². The first-order valence-electron chi connectivity index (χ1n) is 12.7. The Hall–Kier alpha value is -3.02. The van der Waals surface area contributed by atoms with Crippen molar-refractivity contribution in [2.24, 2.45) is 5.92 Å². The van der Waals surface area contributed by atoms with Crippen molar-refractivity contribution >= 4 is 0 Å². The molecule has 3 aromatic carbocycles. The first-order valence-corrected chi connectivity index (χ1v) is 12.7. The van der Waals surface area contributed by atoms with Crippen LogP contribution in [0.1, 0.15) is 69.4 Å². The van der Waals surface area contributed by atoms with Gasteiger partial charge in [0.15, 0.2) is 23.1 Å². The molecule has 0 aliphatic heterocycles. The van der Waals surface area contributed by atoms with E-state index < -0.39 is 23.3 Å². The van der Waals surface area contributed by atoms with E-state index in [9.17, 15) is 17.6 Å². The van der Waals surface area contributed by atoms with Crippen molar-refractivity contribution < 1.29 is 27.0 Å². The summed E-state index contributed by atoms with van der Waals surface area (Å²) in [5.74, 6) is -3.37. The molecule has 0 atom stereocenters. The standard InChI is InChI=1S/C30H32F4O2/c1-3-4-17-35-25-15-13-24(27(31)29(25)33)22-11-7-20(8-12-22)18-36-26-16-14-23(28(32)30(26)34)21-9-5-19(2)6-10-21/h7-8,11-16,19,21H,3-6,9-10,17-18H2,1-2H3. The summed E-state index contributed by atoms with van der Waals surface area (Å²) in [7, 11) is 0. The van der Waals surface area contributed by atoms with E-state index in [2.05, 4.69) is 6.92 Å². The fraction of sp³-hybridized carbons (Fsp3) is 0.400. The molecular weight excluding hydrogens is 468 g/mol.